The molecule has 0 atom stereocenters. The molecular weight excluding hydrogens is 247 g/mol. The van der Waals surface area contributed by atoms with E-state index < -0.39 is 6.36 Å². The molecule has 0 bridgehead atoms. The minimum absolute atomic E-state index is 0.308. The van der Waals surface area contributed by atoms with Gasteiger partial charge in [0.2, 0.25) is 0 Å². The first-order chi connectivity index (χ1) is 8.39. The Labute approximate surface area is 101 Å². The lowest BCUT2D eigenvalue weighted by molar-refractivity contribution is -0.274. The summed E-state index contributed by atoms with van der Waals surface area (Å²) in [7, 11) is 0. The van der Waals surface area contributed by atoms with Gasteiger partial charge in [0.05, 0.1) is 11.2 Å². The number of pyridine rings is 1. The summed E-state index contributed by atoms with van der Waals surface area (Å²) in [5.41, 5.74) is 4.16. The maximum atomic E-state index is 12.1. The maximum absolute atomic E-state index is 12.1. The number of aryl methyl sites for hydroxylation is 1. The van der Waals surface area contributed by atoms with E-state index in [0.29, 0.717) is 22.3 Å². The summed E-state index contributed by atoms with van der Waals surface area (Å²) in [4.78, 5) is 4.19. The SMILES string of the molecule is Cc1cc(NN)c2cc(OC(F)(F)F)ccc2n1. The molecule has 7 heteroatoms. The van der Waals surface area contributed by atoms with Crippen molar-refractivity contribution in [1.82, 2.24) is 4.98 Å². The molecule has 1 aromatic carbocycles. The topological polar surface area (TPSA) is 60.2 Å². The molecule has 2 aromatic rings. The van der Waals surface area contributed by atoms with E-state index in [9.17, 15) is 13.2 Å². The highest BCUT2D eigenvalue weighted by molar-refractivity contribution is 5.92. The highest BCUT2D eigenvalue weighted by Crippen LogP contribution is 2.29. The molecule has 0 aliphatic heterocycles. The van der Waals surface area contributed by atoms with E-state index in [0.717, 1.165) is 0 Å². The van der Waals surface area contributed by atoms with Crippen LogP contribution >= 0.6 is 0 Å². The molecule has 3 N–H and O–H groups in total. The molecule has 18 heavy (non-hydrogen) atoms. The van der Waals surface area contributed by atoms with E-state index in [2.05, 4.69) is 15.1 Å². The Balaban J connectivity index is 2.53. The van der Waals surface area contributed by atoms with Gasteiger partial charge in [-0.25, -0.2) is 0 Å². The molecule has 0 saturated heterocycles. The molecule has 0 aliphatic rings. The summed E-state index contributed by atoms with van der Waals surface area (Å²) in [6, 6.07) is 5.54. The number of ether oxygens (including phenoxy) is 1. The first-order valence-corrected chi connectivity index (χ1v) is 5.03. The van der Waals surface area contributed by atoms with E-state index in [1.54, 1.807) is 13.0 Å². The van der Waals surface area contributed by atoms with Crippen molar-refractivity contribution in [3.8, 4) is 5.75 Å². The summed E-state index contributed by atoms with van der Waals surface area (Å²) in [6.45, 7) is 1.76. The molecule has 0 spiro atoms. The molecule has 2 rings (SSSR count). The predicted octanol–water partition coefficient (Wildman–Crippen LogP) is 2.73. The monoisotopic (exact) mass is 257 g/mol. The molecule has 1 heterocycles. The van der Waals surface area contributed by atoms with Gasteiger partial charge in [0.1, 0.15) is 5.75 Å². The van der Waals surface area contributed by atoms with Gasteiger partial charge >= 0.3 is 6.36 Å². The van der Waals surface area contributed by atoms with Crippen LogP contribution in [0.4, 0.5) is 18.9 Å². The third-order valence-corrected chi connectivity index (χ3v) is 2.30. The number of hydrazine groups is 1. The largest absolute Gasteiger partial charge is 0.573 e. The van der Waals surface area contributed by atoms with Crippen molar-refractivity contribution in [3.63, 3.8) is 0 Å². The third kappa shape index (κ3) is 2.62. The number of nitrogens with zero attached hydrogens (tertiary/aromatic N) is 1. The van der Waals surface area contributed by atoms with Gasteiger partial charge in [-0.15, -0.1) is 13.2 Å². The van der Waals surface area contributed by atoms with E-state index in [-0.39, 0.29) is 5.75 Å². The maximum Gasteiger partial charge on any atom is 0.573 e. The highest BCUT2D eigenvalue weighted by Gasteiger charge is 2.31. The Bertz CT molecular complexity index is 583. The zero-order valence-electron chi connectivity index (χ0n) is 9.38. The van der Waals surface area contributed by atoms with Gasteiger partial charge in [-0.05, 0) is 31.2 Å². The molecule has 0 fully saturated rings. The van der Waals surface area contributed by atoms with E-state index >= 15 is 0 Å². The zero-order chi connectivity index (χ0) is 13.3. The normalized spacial score (nSPS) is 11.6. The first kappa shape index (κ1) is 12.4. The van der Waals surface area contributed by atoms with E-state index in [1.807, 2.05) is 0 Å². The van der Waals surface area contributed by atoms with Crippen LogP contribution in [0.2, 0.25) is 0 Å². The fourth-order valence-electron chi connectivity index (χ4n) is 1.65. The van der Waals surface area contributed by atoms with Crippen molar-refractivity contribution < 1.29 is 17.9 Å². The molecule has 1 aromatic heterocycles. The molecule has 0 unspecified atom stereocenters. The number of hydrogen-bond donors (Lipinski definition) is 2. The second-order valence-electron chi connectivity index (χ2n) is 3.68. The Morgan fingerprint density at radius 1 is 1.28 bits per heavy atom. The van der Waals surface area contributed by atoms with Gasteiger partial charge in [0.15, 0.2) is 0 Å². The van der Waals surface area contributed by atoms with Crippen LogP contribution in [-0.4, -0.2) is 11.3 Å². The Kier molecular flexibility index (Phi) is 3.00. The molecular formula is C11H10F3N3O. The molecule has 96 valence electrons. The second-order valence-corrected chi connectivity index (χ2v) is 3.68. The summed E-state index contributed by atoms with van der Waals surface area (Å²) in [6.07, 6.45) is -4.72. The smallest absolute Gasteiger partial charge is 0.406 e. The van der Waals surface area contributed by atoms with Crippen molar-refractivity contribution in [1.29, 1.82) is 0 Å². The highest BCUT2D eigenvalue weighted by atomic mass is 19.4. The van der Waals surface area contributed by atoms with Gasteiger partial charge in [-0.2, -0.15) is 0 Å². The number of hydrogen-bond acceptors (Lipinski definition) is 4. The number of nitrogens with two attached hydrogens (primary N) is 1. The van der Waals surface area contributed by atoms with E-state index in [4.69, 9.17) is 5.84 Å². The number of aromatic nitrogens is 1. The minimum atomic E-state index is -4.72. The van der Waals surface area contributed by atoms with Crippen LogP contribution in [0.3, 0.4) is 0 Å². The number of halogens is 3. The number of anilines is 1. The van der Waals surface area contributed by atoms with Crippen LogP contribution in [-0.2, 0) is 0 Å². The van der Waals surface area contributed by atoms with Crippen LogP contribution < -0.4 is 16.0 Å². The number of nitrogens with one attached hydrogen (secondary N) is 1. The molecule has 0 amide bonds. The predicted molar refractivity (Wildman–Crippen MR) is 61.0 cm³/mol. The van der Waals surface area contributed by atoms with Gasteiger partial charge in [-0.1, -0.05) is 0 Å². The molecule has 0 saturated carbocycles. The number of rotatable bonds is 2. The van der Waals surface area contributed by atoms with Crippen LogP contribution in [0.25, 0.3) is 10.9 Å². The quantitative estimate of drug-likeness (QED) is 0.641. The molecule has 0 radical (unpaired) electrons. The van der Waals surface area contributed by atoms with Gasteiger partial charge < -0.3 is 10.2 Å². The standard InChI is InChI=1S/C11H10F3N3O/c1-6-4-10(17-15)8-5-7(18-11(12,13)14)2-3-9(8)16-6/h2-5H,15H2,1H3,(H,16,17). The first-order valence-electron chi connectivity index (χ1n) is 5.03. The van der Waals surface area contributed by atoms with Crippen molar-refractivity contribution >= 4 is 16.6 Å². The Hall–Kier alpha value is -2.02. The summed E-state index contributed by atoms with van der Waals surface area (Å²) in [5.74, 6) is 5.01. The summed E-state index contributed by atoms with van der Waals surface area (Å²) < 4.78 is 40.2. The minimum Gasteiger partial charge on any atom is -0.406 e. The lowest BCUT2D eigenvalue weighted by Crippen LogP contribution is -2.17. The number of alkyl halides is 3. The fourth-order valence-corrected chi connectivity index (χ4v) is 1.65. The Morgan fingerprint density at radius 3 is 2.61 bits per heavy atom. The average Bonchev–Trinajstić information content (AvgIpc) is 2.26. The summed E-state index contributed by atoms with van der Waals surface area (Å²) >= 11 is 0. The fraction of sp³-hybridized carbons (Fsp3) is 0.182. The third-order valence-electron chi connectivity index (χ3n) is 2.30. The van der Waals surface area contributed by atoms with Crippen molar-refractivity contribution in [2.75, 3.05) is 5.43 Å². The van der Waals surface area contributed by atoms with Crippen LogP contribution in [0.5, 0.6) is 5.75 Å². The number of nitrogen functional groups attached to an aromatic ring is 1. The average molecular weight is 257 g/mol. The summed E-state index contributed by atoms with van der Waals surface area (Å²) in [5, 5.41) is 0.463. The van der Waals surface area contributed by atoms with Crippen molar-refractivity contribution in [3.05, 3.63) is 30.0 Å². The Morgan fingerprint density at radius 2 is 2.00 bits per heavy atom. The van der Waals surface area contributed by atoms with Crippen LogP contribution in [0.15, 0.2) is 24.3 Å². The van der Waals surface area contributed by atoms with Crippen LogP contribution in [0.1, 0.15) is 5.69 Å². The van der Waals surface area contributed by atoms with Crippen LogP contribution in [0, 0.1) is 6.92 Å². The lowest BCUT2D eigenvalue weighted by Gasteiger charge is -2.11. The number of benzene rings is 1. The van der Waals surface area contributed by atoms with Crippen molar-refractivity contribution in [2.24, 2.45) is 5.84 Å². The van der Waals surface area contributed by atoms with Gasteiger partial charge in [-0.3, -0.25) is 10.8 Å². The zero-order valence-corrected chi connectivity index (χ0v) is 9.38. The lowest BCUT2D eigenvalue weighted by atomic mass is 10.1. The number of fused-ring (bicyclic) bond motifs is 1. The second kappa shape index (κ2) is 4.34. The van der Waals surface area contributed by atoms with E-state index in [1.165, 1.54) is 18.2 Å². The molecule has 4 nitrogen and oxygen atoms in total. The van der Waals surface area contributed by atoms with Gasteiger partial charge in [0, 0.05) is 11.1 Å². The molecule has 0 aliphatic carbocycles. The van der Waals surface area contributed by atoms with Gasteiger partial charge in [0.25, 0.3) is 0 Å². The van der Waals surface area contributed by atoms with Crippen molar-refractivity contribution in [2.45, 2.75) is 13.3 Å².